The molecule has 4 rings (SSSR count). The first kappa shape index (κ1) is 21.0. The molecule has 2 heterocycles. The molecule has 3 aromatic rings. The largest absolute Gasteiger partial charge is 0.297 e. The van der Waals surface area contributed by atoms with Crippen molar-refractivity contribution < 1.29 is 0 Å². The topological polar surface area (TPSA) is 30.2 Å². The van der Waals surface area contributed by atoms with Gasteiger partial charge in [0, 0.05) is 13.6 Å². The fourth-order valence-electron chi connectivity index (χ4n) is 4.53. The second-order valence-corrected chi connectivity index (χ2v) is 8.71. The van der Waals surface area contributed by atoms with Crippen molar-refractivity contribution in [2.75, 3.05) is 13.1 Å². The molecule has 2 aromatic carbocycles. The van der Waals surface area contributed by atoms with E-state index in [9.17, 15) is 4.79 Å². The van der Waals surface area contributed by atoms with Crippen molar-refractivity contribution in [2.24, 2.45) is 13.0 Å². The Morgan fingerprint density at radius 3 is 2.27 bits per heavy atom. The van der Waals surface area contributed by atoms with Gasteiger partial charge in [0.2, 0.25) is 0 Å². The Morgan fingerprint density at radius 2 is 1.60 bits per heavy atom. The number of piperidine rings is 1. The van der Waals surface area contributed by atoms with Gasteiger partial charge in [0.1, 0.15) is 5.02 Å². The summed E-state index contributed by atoms with van der Waals surface area (Å²) >= 11 is 6.46. The number of aromatic nitrogens is 2. The number of nitrogens with zero attached hydrogens (tertiary/aromatic N) is 3. The zero-order valence-corrected chi connectivity index (χ0v) is 18.4. The summed E-state index contributed by atoms with van der Waals surface area (Å²) in [7, 11) is 1.92. The number of benzene rings is 2. The molecule has 1 aromatic heterocycles. The first-order valence-corrected chi connectivity index (χ1v) is 11.3. The van der Waals surface area contributed by atoms with Crippen LogP contribution in [0, 0.1) is 5.92 Å². The van der Waals surface area contributed by atoms with E-state index in [1.807, 2.05) is 42.1 Å². The molecular weight excluding hydrogens is 394 g/mol. The predicted octanol–water partition coefficient (Wildman–Crippen LogP) is 5.06. The van der Waals surface area contributed by atoms with Crippen molar-refractivity contribution in [3.63, 3.8) is 0 Å². The van der Waals surface area contributed by atoms with Gasteiger partial charge in [-0.05, 0) is 62.4 Å². The molecule has 0 amide bonds. The van der Waals surface area contributed by atoms with Crippen LogP contribution in [0.4, 0.5) is 0 Å². The van der Waals surface area contributed by atoms with E-state index >= 15 is 0 Å². The molecule has 158 valence electrons. The minimum atomic E-state index is -0.142. The minimum absolute atomic E-state index is 0.142. The molecule has 0 saturated carbocycles. The average Bonchev–Trinajstić information content (AvgIpc) is 2.99. The lowest BCUT2D eigenvalue weighted by Gasteiger charge is -2.32. The lowest BCUT2D eigenvalue weighted by molar-refractivity contribution is 0.167. The van der Waals surface area contributed by atoms with E-state index < -0.39 is 0 Å². The van der Waals surface area contributed by atoms with Crippen LogP contribution in [-0.4, -0.2) is 27.4 Å². The number of para-hydroxylation sites is 1. The monoisotopic (exact) mass is 423 g/mol. The molecule has 0 N–H and O–H groups in total. The van der Waals surface area contributed by atoms with Gasteiger partial charge in [0.05, 0.1) is 11.4 Å². The number of hydrogen-bond acceptors (Lipinski definition) is 2. The van der Waals surface area contributed by atoms with E-state index in [0.717, 1.165) is 36.9 Å². The van der Waals surface area contributed by atoms with Crippen molar-refractivity contribution in [1.82, 2.24) is 14.3 Å². The van der Waals surface area contributed by atoms with Crippen molar-refractivity contribution in [3.8, 4) is 5.69 Å². The Balaban J connectivity index is 1.33. The molecule has 4 nitrogen and oxygen atoms in total. The van der Waals surface area contributed by atoms with E-state index in [1.54, 1.807) is 4.68 Å². The second-order valence-electron chi connectivity index (χ2n) is 8.33. The molecule has 30 heavy (non-hydrogen) atoms. The molecule has 1 saturated heterocycles. The number of aryl methyl sites for hydroxylation is 1. The van der Waals surface area contributed by atoms with Crippen molar-refractivity contribution in [2.45, 2.75) is 38.6 Å². The van der Waals surface area contributed by atoms with E-state index in [1.165, 1.54) is 37.7 Å². The van der Waals surface area contributed by atoms with Gasteiger partial charge in [0.25, 0.3) is 5.56 Å². The predicted molar refractivity (Wildman–Crippen MR) is 123 cm³/mol. The van der Waals surface area contributed by atoms with Crippen LogP contribution in [0.2, 0.25) is 5.02 Å². The fourth-order valence-corrected chi connectivity index (χ4v) is 4.79. The average molecular weight is 424 g/mol. The molecule has 0 aliphatic carbocycles. The van der Waals surface area contributed by atoms with Crippen LogP contribution < -0.4 is 5.56 Å². The zero-order valence-electron chi connectivity index (χ0n) is 17.6. The summed E-state index contributed by atoms with van der Waals surface area (Å²) in [6.45, 7) is 2.86. The smallest absolute Gasteiger partial charge is 0.290 e. The molecule has 0 spiro atoms. The molecule has 5 heteroatoms. The van der Waals surface area contributed by atoms with Gasteiger partial charge >= 0.3 is 0 Å². The Hall–Kier alpha value is -2.30. The second kappa shape index (κ2) is 9.67. The maximum absolute atomic E-state index is 12.7. The third kappa shape index (κ3) is 4.71. The molecule has 1 aliphatic rings. The van der Waals surface area contributed by atoms with Gasteiger partial charge in [-0.1, -0.05) is 66.6 Å². The summed E-state index contributed by atoms with van der Waals surface area (Å²) in [5.74, 6) is 0.804. The normalized spacial score (nSPS) is 15.5. The first-order valence-electron chi connectivity index (χ1n) is 10.9. The molecule has 1 fully saturated rings. The quantitative estimate of drug-likeness (QED) is 0.531. The molecule has 0 unspecified atom stereocenters. The number of rotatable bonds is 7. The molecule has 0 atom stereocenters. The summed E-state index contributed by atoms with van der Waals surface area (Å²) in [6, 6.07) is 20.4. The first-order chi connectivity index (χ1) is 14.6. The molecule has 1 aliphatic heterocycles. The Morgan fingerprint density at radius 1 is 0.967 bits per heavy atom. The van der Waals surface area contributed by atoms with Crippen molar-refractivity contribution in [1.29, 1.82) is 0 Å². The SMILES string of the molecule is Cn1c(CN2CCC(CCCc3ccccc3)CC2)c(Cl)c(=O)n1-c1ccccc1. The summed E-state index contributed by atoms with van der Waals surface area (Å²) in [4.78, 5) is 15.2. The van der Waals surface area contributed by atoms with Gasteiger partial charge in [-0.15, -0.1) is 0 Å². The van der Waals surface area contributed by atoms with Crippen LogP contribution in [0.1, 0.15) is 36.9 Å². The van der Waals surface area contributed by atoms with Gasteiger partial charge in [-0.25, -0.2) is 4.68 Å². The summed E-state index contributed by atoms with van der Waals surface area (Å²) in [5, 5.41) is 0.339. The highest BCUT2D eigenvalue weighted by molar-refractivity contribution is 6.31. The van der Waals surface area contributed by atoms with E-state index in [4.69, 9.17) is 11.6 Å². The van der Waals surface area contributed by atoms with Crippen LogP contribution in [0.3, 0.4) is 0 Å². The lowest BCUT2D eigenvalue weighted by Crippen LogP contribution is -2.34. The third-order valence-electron chi connectivity index (χ3n) is 6.33. The van der Waals surface area contributed by atoms with E-state index in [-0.39, 0.29) is 5.56 Å². The summed E-state index contributed by atoms with van der Waals surface area (Å²) in [5.41, 5.74) is 3.04. The van der Waals surface area contributed by atoms with E-state index in [0.29, 0.717) is 5.02 Å². The minimum Gasteiger partial charge on any atom is -0.297 e. The molecule has 0 bridgehead atoms. The van der Waals surface area contributed by atoms with Gasteiger partial charge in [-0.2, -0.15) is 0 Å². The van der Waals surface area contributed by atoms with Crippen LogP contribution in [0.5, 0.6) is 0 Å². The Labute approximate surface area is 183 Å². The highest BCUT2D eigenvalue weighted by Gasteiger charge is 2.23. The van der Waals surface area contributed by atoms with Crippen LogP contribution in [0.25, 0.3) is 5.69 Å². The number of likely N-dealkylation sites (tertiary alicyclic amines) is 1. The third-order valence-corrected chi connectivity index (χ3v) is 6.71. The molecule has 0 radical (unpaired) electrons. The Bertz CT molecular complexity index is 1000. The van der Waals surface area contributed by atoms with Gasteiger partial charge in [0.15, 0.2) is 0 Å². The van der Waals surface area contributed by atoms with Gasteiger partial charge in [-0.3, -0.25) is 14.4 Å². The van der Waals surface area contributed by atoms with Crippen LogP contribution >= 0.6 is 11.6 Å². The highest BCUT2D eigenvalue weighted by atomic mass is 35.5. The number of halogens is 1. The summed E-state index contributed by atoms with van der Waals surface area (Å²) < 4.78 is 3.57. The fraction of sp³-hybridized carbons (Fsp3) is 0.400. The zero-order chi connectivity index (χ0) is 20.9. The van der Waals surface area contributed by atoms with Crippen LogP contribution in [0.15, 0.2) is 65.5 Å². The highest BCUT2D eigenvalue weighted by Crippen LogP contribution is 2.25. The van der Waals surface area contributed by atoms with Crippen molar-refractivity contribution >= 4 is 11.6 Å². The standard InChI is InChI=1S/C25H30ClN3O/c1-27-23(24(26)25(30)29(27)22-13-6-3-7-14-22)19-28-17-15-21(16-18-28)12-8-11-20-9-4-2-5-10-20/h2-7,9-10,13-14,21H,8,11-12,15-19H2,1H3. The maximum Gasteiger partial charge on any atom is 0.290 e. The van der Waals surface area contributed by atoms with E-state index in [2.05, 4.69) is 35.2 Å². The van der Waals surface area contributed by atoms with Crippen molar-refractivity contribution in [3.05, 3.63) is 87.3 Å². The number of hydrogen-bond donors (Lipinski definition) is 0. The van der Waals surface area contributed by atoms with Crippen LogP contribution in [-0.2, 0) is 20.0 Å². The molecular formula is C25H30ClN3O. The maximum atomic E-state index is 12.7. The van der Waals surface area contributed by atoms with Gasteiger partial charge < -0.3 is 0 Å². The lowest BCUT2D eigenvalue weighted by atomic mass is 9.90. The Kier molecular flexibility index (Phi) is 6.76. The summed E-state index contributed by atoms with van der Waals surface area (Å²) in [6.07, 6.45) is 6.17.